The number of hydrogen-bond acceptors (Lipinski definition) is 12. The first kappa shape index (κ1) is 50.7. The molecule has 0 radical (unpaired) electrons. The number of benzene rings is 5. The number of carboxylic acid groups (broad SMARTS) is 2. The number of carbonyl (C=O) groups excluding carboxylic acids is 2. The highest BCUT2D eigenvalue weighted by atomic mass is 32.2. The molecule has 1 saturated heterocycles. The number of ether oxygens (including phenoxy) is 2. The predicted molar refractivity (Wildman–Crippen MR) is 283 cm³/mol. The Morgan fingerprint density at radius 1 is 0.761 bits per heavy atom. The summed E-state index contributed by atoms with van der Waals surface area (Å²) in [5, 5.41) is 32.3. The molecule has 1 aliphatic carbocycles. The highest BCUT2D eigenvalue weighted by Crippen LogP contribution is 2.44. The molecule has 5 aromatic rings. The molecule has 1 fully saturated rings. The Morgan fingerprint density at radius 3 is 2.01 bits per heavy atom. The maximum atomic E-state index is 13.7. The van der Waals surface area contributed by atoms with Crippen LogP contribution < -0.4 is 30.7 Å². The molecule has 0 spiro atoms. The van der Waals surface area contributed by atoms with Crippen molar-refractivity contribution in [2.45, 2.75) is 47.9 Å². The zero-order valence-electron chi connectivity index (χ0n) is 40.3. The molecule has 0 saturated carbocycles. The molecule has 370 valence electrons. The number of fused-ring (bicyclic) bond motifs is 2. The van der Waals surface area contributed by atoms with Crippen molar-refractivity contribution < 1.29 is 38.9 Å². The van der Waals surface area contributed by atoms with E-state index in [1.165, 1.54) is 16.5 Å². The average molecular weight is 997 g/mol. The lowest BCUT2D eigenvalue weighted by Crippen LogP contribution is -2.53. The Balaban J connectivity index is 0.853. The third kappa shape index (κ3) is 12.2. The topological polar surface area (TPSA) is 182 Å². The van der Waals surface area contributed by atoms with Gasteiger partial charge < -0.3 is 45.9 Å². The first-order valence-corrected chi connectivity index (χ1v) is 25.8. The van der Waals surface area contributed by atoms with Crippen molar-refractivity contribution in [1.82, 2.24) is 20.4 Å². The lowest BCUT2D eigenvalue weighted by Gasteiger charge is -2.42. The van der Waals surface area contributed by atoms with Gasteiger partial charge in [0, 0.05) is 65.3 Å². The molecule has 8 rings (SSSR count). The number of carbonyl (C=O) groups is 4. The van der Waals surface area contributed by atoms with E-state index >= 15 is 0 Å². The highest BCUT2D eigenvalue weighted by Gasteiger charge is 2.38. The van der Waals surface area contributed by atoms with E-state index in [2.05, 4.69) is 62.6 Å². The quantitative estimate of drug-likeness (QED) is 0.0431. The van der Waals surface area contributed by atoms with Crippen LogP contribution in [0.5, 0.6) is 11.5 Å². The molecule has 4 unspecified atom stereocenters. The number of nitrogens with one attached hydrogen (secondary N) is 4. The molecule has 6 N–H and O–H groups in total. The lowest BCUT2D eigenvalue weighted by atomic mass is 9.86. The summed E-state index contributed by atoms with van der Waals surface area (Å²) in [5.74, 6) is -1.50. The zero-order valence-corrected chi connectivity index (χ0v) is 41.9. The standard InChI is InChI=1S/C55H60N6O8S2/c1-60-25-27-61(28-26-60)47-29-36-16-17-37(32-51(36)71-50-23-20-38(70-4)33-41(47)50)52(62)59-46(55(66)67)15-9-10-24-56-53(63)39-11-5-7-13-42(39)57-44-21-18-34(30-48(44)68-2)35-19-22-45(49(31-35)69-3)58-43-14-8-6-12-40(43)54(64)65/h5-8,11-14,16-23,30-33,41,46-47,50,57-58H,9-10,15,24-29H2,1-4H3,(H,56,63)(H,59,62)(H,64,65)(H,66,67). The first-order chi connectivity index (χ1) is 34.4. The number of methoxy groups -OCH3 is 2. The molecule has 2 amide bonds. The average Bonchev–Trinajstić information content (AvgIpc) is 3.54. The number of anilines is 4. The van der Waals surface area contributed by atoms with Crippen molar-refractivity contribution >= 4 is 70.0 Å². The number of nitrogens with zero attached hydrogens (tertiary/aromatic N) is 2. The number of allylic oxidation sites excluding steroid dienone is 1. The van der Waals surface area contributed by atoms with Gasteiger partial charge in [0.05, 0.1) is 48.1 Å². The molecule has 5 aromatic carbocycles. The largest absolute Gasteiger partial charge is 0.495 e. The highest BCUT2D eigenvalue weighted by molar-refractivity contribution is 8.02. The Morgan fingerprint density at radius 2 is 1.39 bits per heavy atom. The molecule has 2 aliphatic heterocycles. The van der Waals surface area contributed by atoms with Crippen LogP contribution in [0.4, 0.5) is 22.7 Å². The summed E-state index contributed by atoms with van der Waals surface area (Å²) in [6.45, 7) is 4.42. The zero-order chi connectivity index (χ0) is 50.0. The minimum absolute atomic E-state index is 0.139. The number of rotatable bonds is 19. The van der Waals surface area contributed by atoms with Gasteiger partial charge in [0.2, 0.25) is 0 Å². The fourth-order valence-corrected chi connectivity index (χ4v) is 11.2. The smallest absolute Gasteiger partial charge is 0.337 e. The Bertz CT molecular complexity index is 2830. The molecular formula is C55H60N6O8S2. The van der Waals surface area contributed by atoms with Crippen LogP contribution in [-0.2, 0) is 11.2 Å². The third-order valence-electron chi connectivity index (χ3n) is 13.3. The molecular weight excluding hydrogens is 937 g/mol. The van der Waals surface area contributed by atoms with Gasteiger partial charge in [-0.25, -0.2) is 9.59 Å². The summed E-state index contributed by atoms with van der Waals surface area (Å²) < 4.78 is 11.5. The van der Waals surface area contributed by atoms with Crippen LogP contribution in [0.2, 0.25) is 0 Å². The first-order valence-electron chi connectivity index (χ1n) is 23.7. The van der Waals surface area contributed by atoms with Crippen molar-refractivity contribution in [3.05, 3.63) is 149 Å². The van der Waals surface area contributed by atoms with Gasteiger partial charge >= 0.3 is 11.9 Å². The van der Waals surface area contributed by atoms with Gasteiger partial charge in [-0.1, -0.05) is 60.7 Å². The van der Waals surface area contributed by atoms with Crippen LogP contribution in [0.3, 0.4) is 0 Å². The number of thioether (sulfide) groups is 2. The number of likely N-dealkylation sites (N-methyl/N-ethyl adjacent to an activating group) is 1. The van der Waals surface area contributed by atoms with E-state index in [0.717, 1.165) is 48.6 Å². The van der Waals surface area contributed by atoms with Gasteiger partial charge in [-0.05, 0) is 116 Å². The second kappa shape index (κ2) is 23.5. The normalized spacial score (nSPS) is 18.1. The molecule has 3 aliphatic rings. The van der Waals surface area contributed by atoms with Crippen molar-refractivity contribution in [2.75, 3.05) is 70.9 Å². The molecule has 0 bridgehead atoms. The van der Waals surface area contributed by atoms with Gasteiger partial charge in [-0.2, -0.15) is 0 Å². The number of para-hydroxylation sites is 2. The second-order valence-electron chi connectivity index (χ2n) is 17.8. The van der Waals surface area contributed by atoms with Gasteiger partial charge in [0.15, 0.2) is 0 Å². The molecule has 2 heterocycles. The van der Waals surface area contributed by atoms with E-state index in [4.69, 9.17) is 9.47 Å². The van der Waals surface area contributed by atoms with E-state index in [-0.39, 0.29) is 23.1 Å². The fraction of sp³-hybridized carbons (Fsp3) is 0.309. The Hall–Kier alpha value is -6.72. The molecule has 16 heteroatoms. The van der Waals surface area contributed by atoms with E-state index < -0.39 is 23.9 Å². The minimum atomic E-state index is -1.11. The Kier molecular flexibility index (Phi) is 16.7. The van der Waals surface area contributed by atoms with Crippen LogP contribution in [-0.4, -0.2) is 121 Å². The van der Waals surface area contributed by atoms with Crippen molar-refractivity contribution in [2.24, 2.45) is 5.92 Å². The number of carboxylic acids is 2. The van der Waals surface area contributed by atoms with Gasteiger partial charge in [0.25, 0.3) is 11.8 Å². The van der Waals surface area contributed by atoms with Crippen LogP contribution in [0.1, 0.15) is 55.9 Å². The van der Waals surface area contributed by atoms with E-state index in [1.54, 1.807) is 74.1 Å². The summed E-state index contributed by atoms with van der Waals surface area (Å²) in [5.41, 5.74) is 6.09. The SMILES string of the molecule is COc1cc(-c2ccc(Nc3ccccc3C(=O)NCCCCC(NC(=O)c3ccc4c(c3)SC3C=CC(SC)=CC3C(N3CCN(C)CC3)C4)C(=O)O)c(OC)c2)ccc1Nc1ccccc1C(=O)O. The predicted octanol–water partition coefficient (Wildman–Crippen LogP) is 9.41. The summed E-state index contributed by atoms with van der Waals surface area (Å²) in [7, 11) is 5.29. The third-order valence-corrected chi connectivity index (χ3v) is 15.4. The Labute approximate surface area is 423 Å². The van der Waals surface area contributed by atoms with Gasteiger partial charge in [0.1, 0.15) is 17.5 Å². The molecule has 71 heavy (non-hydrogen) atoms. The summed E-state index contributed by atoms with van der Waals surface area (Å²) in [6, 6.07) is 30.1. The number of amides is 2. The molecule has 4 atom stereocenters. The number of aliphatic carboxylic acids is 1. The summed E-state index contributed by atoms with van der Waals surface area (Å²) in [6.07, 6.45) is 11.1. The van der Waals surface area contributed by atoms with Crippen molar-refractivity contribution in [3.8, 4) is 22.6 Å². The van der Waals surface area contributed by atoms with Crippen molar-refractivity contribution in [3.63, 3.8) is 0 Å². The van der Waals surface area contributed by atoms with Crippen LogP contribution >= 0.6 is 23.5 Å². The van der Waals surface area contributed by atoms with E-state index in [1.807, 2.05) is 60.7 Å². The number of aromatic carboxylic acids is 1. The summed E-state index contributed by atoms with van der Waals surface area (Å²) >= 11 is 3.56. The van der Waals surface area contributed by atoms with Crippen LogP contribution in [0, 0.1) is 5.92 Å². The number of unbranched alkanes of at least 4 members (excludes halogenated alkanes) is 1. The maximum Gasteiger partial charge on any atom is 0.337 e. The van der Waals surface area contributed by atoms with E-state index in [9.17, 15) is 29.4 Å². The van der Waals surface area contributed by atoms with Crippen molar-refractivity contribution in [1.29, 1.82) is 0 Å². The van der Waals surface area contributed by atoms with Gasteiger partial charge in [-0.3, -0.25) is 14.5 Å². The molecule has 14 nitrogen and oxygen atoms in total. The maximum absolute atomic E-state index is 13.7. The lowest BCUT2D eigenvalue weighted by molar-refractivity contribution is -0.139. The monoisotopic (exact) mass is 996 g/mol. The van der Waals surface area contributed by atoms with Crippen LogP contribution in [0.25, 0.3) is 11.1 Å². The van der Waals surface area contributed by atoms with E-state index in [0.29, 0.717) is 76.7 Å². The fourth-order valence-electron chi connectivity index (χ4n) is 9.33. The number of hydrogen-bond donors (Lipinski definition) is 6. The van der Waals surface area contributed by atoms with Crippen LogP contribution in [0.15, 0.2) is 131 Å². The molecule has 0 aromatic heterocycles. The minimum Gasteiger partial charge on any atom is -0.495 e. The number of piperazine rings is 1. The summed E-state index contributed by atoms with van der Waals surface area (Å²) in [4.78, 5) is 58.8. The van der Waals surface area contributed by atoms with Gasteiger partial charge in [-0.15, -0.1) is 23.5 Å². The second-order valence-corrected chi connectivity index (χ2v) is 19.9.